The Morgan fingerprint density at radius 2 is 1.71 bits per heavy atom. The molecular formula is C22H13FIN3O3S. The lowest BCUT2D eigenvalue weighted by atomic mass is 10.1. The third kappa shape index (κ3) is 4.47. The van der Waals surface area contributed by atoms with Gasteiger partial charge in [0.15, 0.2) is 5.11 Å². The Kier molecular flexibility index (Phi) is 6.05. The number of thiocarbonyl (C=S) groups is 1. The van der Waals surface area contributed by atoms with Crippen LogP contribution in [0.25, 0.3) is 6.08 Å². The number of carbonyl (C=O) groups excluding carboxylic acids is 2. The zero-order valence-electron chi connectivity index (χ0n) is 15.7. The molecule has 0 unspecified atom stereocenters. The molecule has 31 heavy (non-hydrogen) atoms. The van der Waals surface area contributed by atoms with Crippen LogP contribution in [0.3, 0.4) is 0 Å². The second-order valence-electron chi connectivity index (χ2n) is 6.36. The van der Waals surface area contributed by atoms with E-state index in [-0.39, 0.29) is 16.2 Å². The van der Waals surface area contributed by atoms with Gasteiger partial charge in [-0.2, -0.15) is 4.39 Å². The zero-order valence-corrected chi connectivity index (χ0v) is 18.7. The summed E-state index contributed by atoms with van der Waals surface area (Å²) in [4.78, 5) is 30.2. The number of halogens is 2. The number of benzene rings is 2. The molecule has 1 saturated heterocycles. The molecule has 0 radical (unpaired) electrons. The Balaban J connectivity index is 1.63. The molecule has 4 rings (SSSR count). The predicted molar refractivity (Wildman–Crippen MR) is 126 cm³/mol. The van der Waals surface area contributed by atoms with Crippen LogP contribution in [0.1, 0.15) is 5.56 Å². The van der Waals surface area contributed by atoms with Gasteiger partial charge in [0.05, 0.1) is 5.69 Å². The van der Waals surface area contributed by atoms with Crippen LogP contribution in [-0.4, -0.2) is 21.9 Å². The van der Waals surface area contributed by atoms with E-state index in [1.807, 2.05) is 52.9 Å². The number of hydrogen-bond donors (Lipinski definition) is 1. The van der Waals surface area contributed by atoms with Crippen LogP contribution in [-0.2, 0) is 9.59 Å². The van der Waals surface area contributed by atoms with Crippen molar-refractivity contribution in [3.63, 3.8) is 0 Å². The highest BCUT2D eigenvalue weighted by Crippen LogP contribution is 2.27. The Labute approximate surface area is 195 Å². The molecule has 1 aliphatic heterocycles. The smallest absolute Gasteiger partial charge is 0.270 e. The highest BCUT2D eigenvalue weighted by molar-refractivity contribution is 14.1. The number of carbonyl (C=O) groups is 2. The molecule has 0 saturated carbocycles. The number of rotatable bonds is 4. The van der Waals surface area contributed by atoms with Crippen LogP contribution in [0.4, 0.5) is 10.1 Å². The highest BCUT2D eigenvalue weighted by Gasteiger charge is 2.35. The molecule has 1 fully saturated rings. The van der Waals surface area contributed by atoms with E-state index < -0.39 is 17.8 Å². The largest absolute Gasteiger partial charge is 0.457 e. The number of hydrogen-bond acceptors (Lipinski definition) is 5. The lowest BCUT2D eigenvalue weighted by molar-refractivity contribution is -0.122. The third-order valence-electron chi connectivity index (χ3n) is 4.35. The Hall–Kier alpha value is -3.18. The molecule has 1 N–H and O–H groups in total. The molecule has 9 heteroatoms. The monoisotopic (exact) mass is 545 g/mol. The van der Waals surface area contributed by atoms with E-state index >= 15 is 0 Å². The van der Waals surface area contributed by atoms with Gasteiger partial charge in [-0.05, 0) is 83.3 Å². The van der Waals surface area contributed by atoms with Crippen LogP contribution >= 0.6 is 34.8 Å². The number of pyridine rings is 1. The Morgan fingerprint density at radius 1 is 1.03 bits per heavy atom. The molecule has 0 spiro atoms. The zero-order chi connectivity index (χ0) is 22.0. The van der Waals surface area contributed by atoms with Crippen LogP contribution in [0.2, 0.25) is 0 Å². The number of amides is 2. The Morgan fingerprint density at radius 3 is 2.39 bits per heavy atom. The lowest BCUT2D eigenvalue weighted by Crippen LogP contribution is -2.54. The van der Waals surface area contributed by atoms with Crippen molar-refractivity contribution in [3.05, 3.63) is 87.5 Å². The second kappa shape index (κ2) is 8.90. The van der Waals surface area contributed by atoms with Crippen molar-refractivity contribution in [3.8, 4) is 11.5 Å². The molecule has 2 heterocycles. The van der Waals surface area contributed by atoms with E-state index in [4.69, 9.17) is 17.0 Å². The summed E-state index contributed by atoms with van der Waals surface area (Å²) in [7, 11) is 0. The van der Waals surface area contributed by atoms with Gasteiger partial charge in [0.25, 0.3) is 11.8 Å². The molecule has 2 amide bonds. The minimum atomic E-state index is -0.776. The van der Waals surface area contributed by atoms with Crippen molar-refractivity contribution >= 4 is 63.5 Å². The van der Waals surface area contributed by atoms with Crippen molar-refractivity contribution < 1.29 is 18.7 Å². The van der Waals surface area contributed by atoms with Gasteiger partial charge < -0.3 is 4.74 Å². The van der Waals surface area contributed by atoms with Crippen LogP contribution < -0.4 is 15.0 Å². The molecule has 1 aliphatic rings. The molecule has 0 bridgehead atoms. The standard InChI is InChI=1S/C22H13FIN3O3S/c23-19-16(18(24)10-11-25-19)12-17-20(28)26-22(31)27(21(17)29)13-6-8-15(9-7-13)30-14-4-2-1-3-5-14/h1-12H,(H,26,28,31)/b17-12+. The van der Waals surface area contributed by atoms with Crippen molar-refractivity contribution in [2.24, 2.45) is 0 Å². The van der Waals surface area contributed by atoms with Crippen LogP contribution in [0, 0.1) is 9.52 Å². The van der Waals surface area contributed by atoms with Gasteiger partial charge in [-0.1, -0.05) is 18.2 Å². The first-order valence-corrected chi connectivity index (χ1v) is 10.5. The Bertz CT molecular complexity index is 1200. The minimum absolute atomic E-state index is 0.0565. The number of nitrogens with one attached hydrogen (secondary N) is 1. The predicted octanol–water partition coefficient (Wildman–Crippen LogP) is 4.45. The van der Waals surface area contributed by atoms with Gasteiger partial charge in [0.1, 0.15) is 17.1 Å². The van der Waals surface area contributed by atoms with Crippen molar-refractivity contribution in [1.29, 1.82) is 0 Å². The normalized spacial score (nSPS) is 15.2. The van der Waals surface area contributed by atoms with Crippen molar-refractivity contribution in [1.82, 2.24) is 10.3 Å². The van der Waals surface area contributed by atoms with Crippen LogP contribution in [0.15, 0.2) is 72.4 Å². The summed E-state index contributed by atoms with van der Waals surface area (Å²) in [6.45, 7) is 0. The average molecular weight is 545 g/mol. The number of aromatic nitrogens is 1. The highest BCUT2D eigenvalue weighted by atomic mass is 127. The fraction of sp³-hybridized carbons (Fsp3) is 0. The number of para-hydroxylation sites is 1. The summed E-state index contributed by atoms with van der Waals surface area (Å²) >= 11 is 7.11. The molecule has 154 valence electrons. The minimum Gasteiger partial charge on any atom is -0.457 e. The van der Waals surface area contributed by atoms with Gasteiger partial charge in [-0.3, -0.25) is 19.8 Å². The SMILES string of the molecule is O=C1NC(=S)N(c2ccc(Oc3ccccc3)cc2)C(=O)/C1=C/c1c(I)ccnc1F. The first-order chi connectivity index (χ1) is 14.9. The van der Waals surface area contributed by atoms with Gasteiger partial charge >= 0.3 is 0 Å². The summed E-state index contributed by atoms with van der Waals surface area (Å²) in [5, 5.41) is 2.41. The third-order valence-corrected chi connectivity index (χ3v) is 5.58. The molecule has 6 nitrogen and oxygen atoms in total. The first-order valence-electron chi connectivity index (χ1n) is 8.98. The van der Waals surface area contributed by atoms with Gasteiger partial charge in [0.2, 0.25) is 5.95 Å². The van der Waals surface area contributed by atoms with Gasteiger partial charge in [-0.15, -0.1) is 0 Å². The summed E-state index contributed by atoms with van der Waals surface area (Å²) < 4.78 is 20.4. The lowest BCUT2D eigenvalue weighted by Gasteiger charge is -2.29. The van der Waals surface area contributed by atoms with E-state index in [1.54, 1.807) is 30.3 Å². The molecular weight excluding hydrogens is 532 g/mol. The van der Waals surface area contributed by atoms with Gasteiger partial charge in [0, 0.05) is 15.3 Å². The summed E-state index contributed by atoms with van der Waals surface area (Å²) in [5.74, 6) is -0.900. The summed E-state index contributed by atoms with van der Waals surface area (Å²) in [6, 6.07) is 17.5. The van der Waals surface area contributed by atoms with E-state index in [2.05, 4.69) is 10.3 Å². The fourth-order valence-corrected chi connectivity index (χ4v) is 3.70. The summed E-state index contributed by atoms with van der Waals surface area (Å²) in [5.41, 5.74) is 0.242. The quantitative estimate of drug-likeness (QED) is 0.173. The fourth-order valence-electron chi connectivity index (χ4n) is 2.88. The maximum Gasteiger partial charge on any atom is 0.270 e. The maximum atomic E-state index is 14.1. The van der Waals surface area contributed by atoms with Gasteiger partial charge in [-0.25, -0.2) is 4.98 Å². The van der Waals surface area contributed by atoms with E-state index in [0.29, 0.717) is 20.8 Å². The van der Waals surface area contributed by atoms with Crippen LogP contribution in [0.5, 0.6) is 11.5 Å². The molecule has 0 atom stereocenters. The summed E-state index contributed by atoms with van der Waals surface area (Å²) in [6.07, 6.45) is 2.49. The second-order valence-corrected chi connectivity index (χ2v) is 7.91. The van der Waals surface area contributed by atoms with Crippen molar-refractivity contribution in [2.75, 3.05) is 4.90 Å². The van der Waals surface area contributed by atoms with Crippen molar-refractivity contribution in [2.45, 2.75) is 0 Å². The first kappa shape index (κ1) is 21.1. The maximum absolute atomic E-state index is 14.1. The number of anilines is 1. The van der Waals surface area contributed by atoms with E-state index in [1.165, 1.54) is 17.2 Å². The topological polar surface area (TPSA) is 71.5 Å². The number of ether oxygens (including phenoxy) is 1. The van der Waals surface area contributed by atoms with E-state index in [9.17, 15) is 14.0 Å². The molecule has 2 aromatic carbocycles. The number of nitrogens with zero attached hydrogens (tertiary/aromatic N) is 2. The average Bonchev–Trinajstić information content (AvgIpc) is 2.75. The molecule has 3 aromatic rings. The molecule has 1 aromatic heterocycles. The van der Waals surface area contributed by atoms with E-state index in [0.717, 1.165) is 0 Å². The molecule has 0 aliphatic carbocycles.